The van der Waals surface area contributed by atoms with Crippen molar-refractivity contribution < 1.29 is 36.9 Å². The van der Waals surface area contributed by atoms with Gasteiger partial charge in [-0.2, -0.15) is 13.2 Å². The van der Waals surface area contributed by atoms with Gasteiger partial charge in [-0.25, -0.2) is 9.18 Å². The highest BCUT2D eigenvalue weighted by molar-refractivity contribution is 5.80. The first-order chi connectivity index (χ1) is 9.56. The van der Waals surface area contributed by atoms with Crippen LogP contribution in [-0.4, -0.2) is 30.0 Å². The predicted octanol–water partition coefficient (Wildman–Crippen LogP) is 2.86. The van der Waals surface area contributed by atoms with E-state index in [1.165, 1.54) is 20.1 Å². The Bertz CT molecular complexity index is 576. The second-order valence-corrected chi connectivity index (χ2v) is 4.98. The summed E-state index contributed by atoms with van der Waals surface area (Å²) in [5.74, 6) is -2.68. The lowest BCUT2D eigenvalue weighted by Crippen LogP contribution is -2.68. The summed E-state index contributed by atoms with van der Waals surface area (Å²) < 4.78 is 61.8. The summed E-state index contributed by atoms with van der Waals surface area (Å²) in [4.78, 5) is 10.9. The molecule has 0 aromatic heterocycles. The minimum absolute atomic E-state index is 0.0334. The van der Waals surface area contributed by atoms with Gasteiger partial charge >= 0.3 is 12.1 Å². The molecule has 0 bridgehead atoms. The highest BCUT2D eigenvalue weighted by Gasteiger charge is 2.73. The van der Waals surface area contributed by atoms with Gasteiger partial charge in [0.2, 0.25) is 0 Å². The number of hydrogen-bond acceptors (Lipinski definition) is 3. The number of benzene rings is 1. The third-order valence-corrected chi connectivity index (χ3v) is 3.52. The Labute approximate surface area is 117 Å². The highest BCUT2D eigenvalue weighted by atomic mass is 19.4. The predicted molar refractivity (Wildman–Crippen MR) is 62.4 cm³/mol. The van der Waals surface area contributed by atoms with Crippen LogP contribution in [0.1, 0.15) is 18.9 Å². The van der Waals surface area contributed by atoms with Gasteiger partial charge in [-0.3, -0.25) is 0 Å². The Hall–Kier alpha value is -1.83. The number of alkyl halides is 3. The minimum Gasteiger partial charge on any atom is -0.496 e. The summed E-state index contributed by atoms with van der Waals surface area (Å²) in [5, 5.41) is 8.83. The molecule has 1 aromatic rings. The largest absolute Gasteiger partial charge is 0.496 e. The summed E-state index contributed by atoms with van der Waals surface area (Å²) >= 11 is 0. The first-order valence-corrected chi connectivity index (χ1v) is 5.90. The number of ether oxygens (including phenoxy) is 2. The quantitative estimate of drug-likeness (QED) is 0.872. The summed E-state index contributed by atoms with van der Waals surface area (Å²) in [6.45, 7) is 1.26. The molecular formula is C13H12F4O4. The standard InChI is InChI=1S/C13H12F4O4/c1-11(8-5-7(14)3-4-9(8)20-2)6-12(21-11,10(18)19)13(15,16)17/h3-5H,6H2,1-2H3,(H,18,19). The van der Waals surface area contributed by atoms with E-state index in [0.29, 0.717) is 0 Å². The van der Waals surface area contributed by atoms with E-state index in [-0.39, 0.29) is 11.3 Å². The van der Waals surface area contributed by atoms with Gasteiger partial charge in [0.1, 0.15) is 11.6 Å². The van der Waals surface area contributed by atoms with Crippen molar-refractivity contribution in [1.82, 2.24) is 0 Å². The number of carboxylic acid groups (broad SMARTS) is 1. The summed E-state index contributed by atoms with van der Waals surface area (Å²) in [6.07, 6.45) is -5.93. The van der Waals surface area contributed by atoms with Crippen LogP contribution in [0.4, 0.5) is 17.6 Å². The van der Waals surface area contributed by atoms with Crippen molar-refractivity contribution in [2.24, 2.45) is 0 Å². The molecule has 2 atom stereocenters. The van der Waals surface area contributed by atoms with Gasteiger partial charge in [0, 0.05) is 12.0 Å². The smallest absolute Gasteiger partial charge is 0.428 e. The molecule has 4 nitrogen and oxygen atoms in total. The zero-order valence-corrected chi connectivity index (χ0v) is 11.1. The normalized spacial score (nSPS) is 28.9. The molecule has 2 rings (SSSR count). The number of rotatable bonds is 3. The third kappa shape index (κ3) is 2.23. The number of carbonyl (C=O) groups is 1. The van der Waals surface area contributed by atoms with Crippen molar-refractivity contribution in [3.05, 3.63) is 29.6 Å². The lowest BCUT2D eigenvalue weighted by atomic mass is 9.75. The van der Waals surface area contributed by atoms with Crippen molar-refractivity contribution in [1.29, 1.82) is 0 Å². The summed E-state index contributed by atoms with van der Waals surface area (Å²) in [6, 6.07) is 3.30. The topological polar surface area (TPSA) is 55.8 Å². The van der Waals surface area contributed by atoms with Crippen molar-refractivity contribution in [2.45, 2.75) is 30.7 Å². The zero-order chi connectivity index (χ0) is 16.1. The van der Waals surface area contributed by atoms with E-state index in [0.717, 1.165) is 12.1 Å². The number of carboxylic acids is 1. The van der Waals surface area contributed by atoms with Crippen LogP contribution in [0.15, 0.2) is 18.2 Å². The SMILES string of the molecule is COc1ccc(F)cc1C1(C)CC(C(=O)O)(C(F)(F)F)O1. The number of halogens is 4. The highest BCUT2D eigenvalue weighted by Crippen LogP contribution is 2.57. The first-order valence-electron chi connectivity index (χ1n) is 5.90. The van der Waals surface area contributed by atoms with Crippen LogP contribution in [0.5, 0.6) is 5.75 Å². The molecule has 1 N–H and O–H groups in total. The fourth-order valence-corrected chi connectivity index (χ4v) is 2.49. The average molecular weight is 308 g/mol. The van der Waals surface area contributed by atoms with Crippen LogP contribution in [0.25, 0.3) is 0 Å². The van der Waals surface area contributed by atoms with Gasteiger partial charge in [0.05, 0.1) is 12.7 Å². The summed E-state index contributed by atoms with van der Waals surface area (Å²) in [7, 11) is 1.27. The molecule has 21 heavy (non-hydrogen) atoms. The van der Waals surface area contributed by atoms with Gasteiger partial charge < -0.3 is 14.6 Å². The van der Waals surface area contributed by atoms with Crippen LogP contribution in [0, 0.1) is 5.82 Å². The van der Waals surface area contributed by atoms with E-state index >= 15 is 0 Å². The lowest BCUT2D eigenvalue weighted by Gasteiger charge is -2.52. The monoisotopic (exact) mass is 308 g/mol. The fraction of sp³-hybridized carbons (Fsp3) is 0.462. The Kier molecular flexibility index (Phi) is 3.40. The van der Waals surface area contributed by atoms with Crippen LogP contribution in [-0.2, 0) is 15.1 Å². The van der Waals surface area contributed by atoms with E-state index in [1.807, 2.05) is 0 Å². The molecule has 1 heterocycles. The molecule has 0 saturated carbocycles. The Morgan fingerprint density at radius 3 is 2.43 bits per heavy atom. The molecule has 1 aromatic carbocycles. The van der Waals surface area contributed by atoms with E-state index in [1.54, 1.807) is 0 Å². The van der Waals surface area contributed by atoms with E-state index in [9.17, 15) is 22.4 Å². The second-order valence-electron chi connectivity index (χ2n) is 4.98. The van der Waals surface area contributed by atoms with Crippen LogP contribution < -0.4 is 4.74 Å². The maximum Gasteiger partial charge on any atom is 0.428 e. The maximum absolute atomic E-state index is 13.3. The van der Waals surface area contributed by atoms with Gasteiger partial charge in [-0.1, -0.05) is 0 Å². The van der Waals surface area contributed by atoms with Gasteiger partial charge in [-0.15, -0.1) is 0 Å². The van der Waals surface area contributed by atoms with Crippen LogP contribution in [0.3, 0.4) is 0 Å². The number of aliphatic carboxylic acids is 1. The Morgan fingerprint density at radius 2 is 2.00 bits per heavy atom. The van der Waals surface area contributed by atoms with Crippen molar-refractivity contribution in [3.8, 4) is 5.75 Å². The fourth-order valence-electron chi connectivity index (χ4n) is 2.49. The molecule has 8 heteroatoms. The zero-order valence-electron chi connectivity index (χ0n) is 11.1. The molecule has 1 aliphatic heterocycles. The van der Waals surface area contributed by atoms with Gasteiger partial charge in [-0.05, 0) is 25.1 Å². The van der Waals surface area contributed by atoms with E-state index < -0.39 is 35.6 Å². The average Bonchev–Trinajstić information content (AvgIpc) is 2.32. The Morgan fingerprint density at radius 1 is 1.43 bits per heavy atom. The molecule has 0 spiro atoms. The van der Waals surface area contributed by atoms with Crippen molar-refractivity contribution >= 4 is 5.97 Å². The van der Waals surface area contributed by atoms with Gasteiger partial charge in [0.25, 0.3) is 5.60 Å². The molecule has 1 fully saturated rings. The summed E-state index contributed by atoms with van der Waals surface area (Å²) in [5.41, 5.74) is -4.84. The van der Waals surface area contributed by atoms with E-state index in [4.69, 9.17) is 14.6 Å². The maximum atomic E-state index is 13.3. The molecule has 0 radical (unpaired) electrons. The number of methoxy groups -OCH3 is 1. The third-order valence-electron chi connectivity index (χ3n) is 3.52. The lowest BCUT2D eigenvalue weighted by molar-refractivity contribution is -0.372. The Balaban J connectivity index is 2.41. The molecule has 1 aliphatic rings. The van der Waals surface area contributed by atoms with Gasteiger partial charge in [0.15, 0.2) is 0 Å². The van der Waals surface area contributed by atoms with E-state index in [2.05, 4.69) is 0 Å². The van der Waals surface area contributed by atoms with Crippen LogP contribution >= 0.6 is 0 Å². The molecule has 116 valence electrons. The number of hydrogen-bond donors (Lipinski definition) is 1. The second kappa shape index (κ2) is 4.59. The molecule has 0 aliphatic carbocycles. The van der Waals surface area contributed by atoms with Crippen LogP contribution in [0.2, 0.25) is 0 Å². The molecule has 0 amide bonds. The first kappa shape index (κ1) is 15.6. The van der Waals surface area contributed by atoms with Crippen molar-refractivity contribution in [3.63, 3.8) is 0 Å². The molecular weight excluding hydrogens is 296 g/mol. The molecule has 1 saturated heterocycles. The van der Waals surface area contributed by atoms with Crippen molar-refractivity contribution in [2.75, 3.05) is 7.11 Å². The minimum atomic E-state index is -5.07. The molecule has 2 unspecified atom stereocenters.